The second kappa shape index (κ2) is 15.7. The summed E-state index contributed by atoms with van der Waals surface area (Å²) in [5.41, 5.74) is 21.3. The third kappa shape index (κ3) is 12.5. The number of aliphatic hydroxyl groups excluding tert-OH is 1. The molecule has 0 heterocycles. The van der Waals surface area contributed by atoms with E-state index in [9.17, 15) is 29.1 Å². The highest BCUT2D eigenvalue weighted by Crippen LogP contribution is 2.02. The molecule has 0 bridgehead atoms. The average Bonchev–Trinajstić information content (AvgIpc) is 2.74. The van der Waals surface area contributed by atoms with Crippen LogP contribution in [0.25, 0.3) is 0 Å². The van der Waals surface area contributed by atoms with Crippen molar-refractivity contribution < 1.29 is 34.2 Å². The Morgan fingerprint density at radius 2 is 1.42 bits per heavy atom. The monoisotopic (exact) mass is 492 g/mol. The highest BCUT2D eigenvalue weighted by molar-refractivity contribution is 7.80. The number of nitrogens with zero attached hydrogens (tertiary/aromatic N) is 1. The number of guanidine groups is 1. The molecule has 188 valence electrons. The number of hydrogen-bond donors (Lipinski definition) is 10. The smallest absolute Gasteiger partial charge is 0.327 e. The first kappa shape index (κ1) is 29.9. The van der Waals surface area contributed by atoms with Crippen LogP contribution in [0.3, 0.4) is 0 Å². The van der Waals surface area contributed by atoms with Gasteiger partial charge in [0.15, 0.2) is 5.96 Å². The van der Waals surface area contributed by atoms with Crippen LogP contribution in [-0.2, 0) is 24.0 Å². The number of rotatable bonds is 16. The van der Waals surface area contributed by atoms with Gasteiger partial charge >= 0.3 is 5.97 Å². The number of carboxylic acids is 1. The van der Waals surface area contributed by atoms with E-state index < -0.39 is 60.4 Å². The van der Waals surface area contributed by atoms with Crippen molar-refractivity contribution in [2.45, 2.75) is 49.9 Å². The van der Waals surface area contributed by atoms with Gasteiger partial charge in [-0.15, -0.1) is 0 Å². The fraction of sp³-hybridized carbons (Fsp3) is 0.647. The first-order chi connectivity index (χ1) is 15.4. The largest absolute Gasteiger partial charge is 0.480 e. The molecular weight excluding hydrogens is 460 g/mol. The van der Waals surface area contributed by atoms with E-state index >= 15 is 0 Å². The fourth-order valence-corrected chi connectivity index (χ4v) is 2.66. The van der Waals surface area contributed by atoms with E-state index in [1.165, 1.54) is 0 Å². The molecule has 0 saturated carbocycles. The second-order valence-corrected chi connectivity index (χ2v) is 7.31. The van der Waals surface area contributed by atoms with Gasteiger partial charge in [-0.2, -0.15) is 12.6 Å². The summed E-state index contributed by atoms with van der Waals surface area (Å²) in [6.45, 7) is -0.622. The van der Waals surface area contributed by atoms with Crippen LogP contribution in [0.2, 0.25) is 0 Å². The minimum atomic E-state index is -1.53. The van der Waals surface area contributed by atoms with Crippen LogP contribution in [0.4, 0.5) is 0 Å². The maximum absolute atomic E-state index is 12.6. The van der Waals surface area contributed by atoms with E-state index in [0.717, 1.165) is 0 Å². The number of nitrogens with one attached hydrogen (secondary N) is 3. The van der Waals surface area contributed by atoms with Gasteiger partial charge in [-0.05, 0) is 19.3 Å². The van der Waals surface area contributed by atoms with E-state index in [2.05, 4.69) is 33.6 Å². The third-order valence-corrected chi connectivity index (χ3v) is 4.59. The Labute approximate surface area is 195 Å². The SMILES string of the molecule is NC(=O)CCC(NC(=O)C(N)CCCN=C(N)N)C(=O)NC(CO)C(=O)NC(CS)C(=O)O. The molecule has 0 aliphatic carbocycles. The van der Waals surface area contributed by atoms with Crippen molar-refractivity contribution in [1.82, 2.24) is 16.0 Å². The maximum Gasteiger partial charge on any atom is 0.327 e. The molecule has 0 aromatic carbocycles. The summed E-state index contributed by atoms with van der Waals surface area (Å²) in [4.78, 5) is 63.1. The van der Waals surface area contributed by atoms with Crippen molar-refractivity contribution in [2.24, 2.45) is 27.9 Å². The number of thiol groups is 1. The summed E-state index contributed by atoms with van der Waals surface area (Å²) in [5.74, 6) is -5.04. The van der Waals surface area contributed by atoms with Crippen molar-refractivity contribution in [3.8, 4) is 0 Å². The van der Waals surface area contributed by atoms with Gasteiger partial charge in [0.25, 0.3) is 0 Å². The lowest BCUT2D eigenvalue weighted by Gasteiger charge is -2.24. The van der Waals surface area contributed by atoms with E-state index in [1.807, 2.05) is 0 Å². The van der Waals surface area contributed by atoms with Crippen LogP contribution in [0, 0.1) is 0 Å². The van der Waals surface area contributed by atoms with Gasteiger partial charge in [-0.3, -0.25) is 24.2 Å². The molecule has 0 aliphatic rings. The zero-order valence-corrected chi connectivity index (χ0v) is 18.8. The topological polar surface area (TPSA) is 278 Å². The quantitative estimate of drug-likeness (QED) is 0.0424. The zero-order valence-electron chi connectivity index (χ0n) is 17.9. The van der Waals surface area contributed by atoms with Crippen LogP contribution in [0.1, 0.15) is 25.7 Å². The lowest BCUT2D eigenvalue weighted by molar-refractivity contribution is -0.142. The average molecular weight is 493 g/mol. The number of carboxylic acid groups (broad SMARTS) is 1. The van der Waals surface area contributed by atoms with E-state index in [-0.39, 0.29) is 37.5 Å². The van der Waals surface area contributed by atoms with Crippen LogP contribution < -0.4 is 38.9 Å². The summed E-state index contributed by atoms with van der Waals surface area (Å²) < 4.78 is 0. The predicted molar refractivity (Wildman–Crippen MR) is 121 cm³/mol. The highest BCUT2D eigenvalue weighted by atomic mass is 32.1. The molecule has 16 heteroatoms. The number of aliphatic imine (C=N–C) groups is 1. The van der Waals surface area contributed by atoms with Gasteiger partial charge in [0, 0.05) is 18.7 Å². The second-order valence-electron chi connectivity index (χ2n) is 6.95. The molecule has 0 spiro atoms. The summed E-state index contributed by atoms with van der Waals surface area (Å²) in [7, 11) is 0. The number of hydrogen-bond acceptors (Lipinski definition) is 9. The molecular formula is C17H32N8O7S. The number of primary amides is 1. The predicted octanol–water partition coefficient (Wildman–Crippen LogP) is -4.91. The standard InChI is InChI=1S/C17H32N8O7S/c18-8(2-1-5-22-17(20)21)13(28)23-9(3-4-12(19)27)14(29)24-10(6-26)15(30)25-11(7-33)16(31)32/h8-11,26,33H,1-7,18H2,(H2,19,27)(H,23,28)(H,24,29)(H,25,30)(H,31,32)(H4,20,21,22). The lowest BCUT2D eigenvalue weighted by Crippen LogP contribution is -2.58. The number of carbonyl (C=O) groups is 5. The lowest BCUT2D eigenvalue weighted by atomic mass is 10.1. The van der Waals surface area contributed by atoms with Gasteiger partial charge < -0.3 is 49.1 Å². The van der Waals surface area contributed by atoms with Gasteiger partial charge in [0.1, 0.15) is 18.1 Å². The highest BCUT2D eigenvalue weighted by Gasteiger charge is 2.29. The van der Waals surface area contributed by atoms with Crippen molar-refractivity contribution in [3.63, 3.8) is 0 Å². The molecule has 0 rings (SSSR count). The molecule has 4 amide bonds. The Hall–Kier alpha value is -3.11. The summed E-state index contributed by atoms with van der Waals surface area (Å²) in [6.07, 6.45) is 0.0959. The van der Waals surface area contributed by atoms with Crippen molar-refractivity contribution in [3.05, 3.63) is 0 Å². The number of carbonyl (C=O) groups excluding carboxylic acids is 4. The minimum absolute atomic E-state index is 0.109. The van der Waals surface area contributed by atoms with Crippen LogP contribution in [-0.4, -0.2) is 88.8 Å². The van der Waals surface area contributed by atoms with Gasteiger partial charge in [0.2, 0.25) is 23.6 Å². The van der Waals surface area contributed by atoms with Gasteiger partial charge in [-0.25, -0.2) is 4.79 Å². The van der Waals surface area contributed by atoms with E-state index in [4.69, 9.17) is 28.0 Å². The van der Waals surface area contributed by atoms with Crippen LogP contribution >= 0.6 is 12.6 Å². The van der Waals surface area contributed by atoms with Crippen LogP contribution in [0.15, 0.2) is 4.99 Å². The summed E-state index contributed by atoms with van der Waals surface area (Å²) in [5, 5.41) is 25.1. The first-order valence-corrected chi connectivity index (χ1v) is 10.5. The Kier molecular flexibility index (Phi) is 14.2. The molecule has 0 saturated heterocycles. The summed E-state index contributed by atoms with van der Waals surface area (Å²) >= 11 is 3.81. The Bertz CT molecular complexity index is 732. The van der Waals surface area contributed by atoms with Crippen molar-refractivity contribution in [2.75, 3.05) is 18.9 Å². The fourth-order valence-electron chi connectivity index (χ4n) is 2.41. The van der Waals surface area contributed by atoms with Crippen LogP contribution in [0.5, 0.6) is 0 Å². The van der Waals surface area contributed by atoms with Gasteiger partial charge in [-0.1, -0.05) is 0 Å². The van der Waals surface area contributed by atoms with E-state index in [0.29, 0.717) is 6.42 Å². The number of nitrogens with two attached hydrogens (primary N) is 4. The van der Waals surface area contributed by atoms with E-state index in [1.54, 1.807) is 0 Å². The number of aliphatic hydroxyl groups is 1. The first-order valence-electron chi connectivity index (χ1n) is 9.87. The molecule has 0 aromatic rings. The molecule has 4 atom stereocenters. The number of aliphatic carboxylic acids is 1. The van der Waals surface area contributed by atoms with Gasteiger partial charge in [0.05, 0.1) is 12.6 Å². The molecule has 0 radical (unpaired) electrons. The Morgan fingerprint density at radius 3 is 1.91 bits per heavy atom. The molecule has 0 aromatic heterocycles. The molecule has 33 heavy (non-hydrogen) atoms. The van der Waals surface area contributed by atoms with Crippen molar-refractivity contribution in [1.29, 1.82) is 0 Å². The molecule has 0 aliphatic heterocycles. The molecule has 15 nitrogen and oxygen atoms in total. The Balaban J connectivity index is 5.15. The maximum atomic E-state index is 12.6. The minimum Gasteiger partial charge on any atom is -0.480 e. The molecule has 0 fully saturated rings. The van der Waals surface area contributed by atoms with Crippen molar-refractivity contribution >= 4 is 48.2 Å². The Morgan fingerprint density at radius 1 is 0.879 bits per heavy atom. The molecule has 4 unspecified atom stereocenters. The third-order valence-electron chi connectivity index (χ3n) is 4.23. The normalized spacial score (nSPS) is 14.2. The summed E-state index contributed by atoms with van der Waals surface area (Å²) in [6, 6.07) is -5.21. The molecule has 13 N–H and O–H groups in total. The number of amides is 4. The zero-order chi connectivity index (χ0) is 25.6.